The number of aryl methyl sites for hydroxylation is 1. The smallest absolute Gasteiger partial charge is 0.254 e. The van der Waals surface area contributed by atoms with Crippen molar-refractivity contribution in [2.45, 2.75) is 39.2 Å². The first-order valence-corrected chi connectivity index (χ1v) is 8.20. The van der Waals surface area contributed by atoms with E-state index in [-0.39, 0.29) is 5.91 Å². The van der Waals surface area contributed by atoms with Crippen molar-refractivity contribution in [3.63, 3.8) is 0 Å². The van der Waals surface area contributed by atoms with Crippen molar-refractivity contribution < 1.29 is 4.79 Å². The molecule has 1 amide bonds. The van der Waals surface area contributed by atoms with Crippen molar-refractivity contribution in [3.8, 4) is 0 Å². The van der Waals surface area contributed by atoms with Gasteiger partial charge in [-0.3, -0.25) is 4.79 Å². The molecule has 0 spiro atoms. The van der Waals surface area contributed by atoms with Crippen molar-refractivity contribution in [2.75, 3.05) is 19.6 Å². The second kappa shape index (κ2) is 7.23. The molecule has 0 bridgehead atoms. The zero-order chi connectivity index (χ0) is 14.5. The Morgan fingerprint density at radius 3 is 2.90 bits per heavy atom. The Labute approximate surface area is 129 Å². The van der Waals surface area contributed by atoms with E-state index in [1.165, 1.54) is 0 Å². The van der Waals surface area contributed by atoms with Gasteiger partial charge in [0, 0.05) is 29.2 Å². The third-order valence-electron chi connectivity index (χ3n) is 3.86. The number of hydrogen-bond acceptors (Lipinski definition) is 2. The predicted octanol–water partition coefficient (Wildman–Crippen LogP) is 3.36. The molecule has 1 aromatic rings. The number of carbonyl (C=O) groups excluding carboxylic acids is 1. The first-order chi connectivity index (χ1) is 9.63. The number of hydrogen-bond donors (Lipinski definition) is 1. The van der Waals surface area contributed by atoms with Crippen LogP contribution in [0.3, 0.4) is 0 Å². The van der Waals surface area contributed by atoms with Gasteiger partial charge in [0.1, 0.15) is 0 Å². The molecule has 1 aliphatic heterocycles. The van der Waals surface area contributed by atoms with E-state index in [1.807, 2.05) is 30.0 Å². The zero-order valence-corrected chi connectivity index (χ0v) is 13.9. The van der Waals surface area contributed by atoms with Crippen LogP contribution in [0.15, 0.2) is 22.7 Å². The molecule has 0 radical (unpaired) electrons. The Balaban J connectivity index is 2.18. The standard InChI is InChI=1S/C16H23BrN2O/c1-3-9-19(14-5-4-8-18-11-14)16(20)13-7-6-12(2)15(17)10-13/h6-7,10,14,18H,3-5,8-9,11H2,1-2H3. The first-order valence-electron chi connectivity index (χ1n) is 7.41. The Morgan fingerprint density at radius 1 is 1.50 bits per heavy atom. The highest BCUT2D eigenvalue weighted by molar-refractivity contribution is 9.10. The van der Waals surface area contributed by atoms with Crippen LogP contribution in [-0.4, -0.2) is 36.5 Å². The lowest BCUT2D eigenvalue weighted by Crippen LogP contribution is -2.49. The molecule has 0 saturated carbocycles. The summed E-state index contributed by atoms with van der Waals surface area (Å²) < 4.78 is 1.00. The Morgan fingerprint density at radius 2 is 2.30 bits per heavy atom. The lowest BCUT2D eigenvalue weighted by atomic mass is 10.0. The third-order valence-corrected chi connectivity index (χ3v) is 4.71. The fourth-order valence-corrected chi connectivity index (χ4v) is 3.06. The average molecular weight is 339 g/mol. The quantitative estimate of drug-likeness (QED) is 0.912. The maximum absolute atomic E-state index is 12.8. The van der Waals surface area contributed by atoms with E-state index < -0.39 is 0 Å². The molecule has 1 fully saturated rings. The highest BCUT2D eigenvalue weighted by atomic mass is 79.9. The molecule has 1 saturated heterocycles. The number of halogens is 1. The highest BCUT2D eigenvalue weighted by Crippen LogP contribution is 2.20. The van der Waals surface area contributed by atoms with Gasteiger partial charge in [-0.15, -0.1) is 0 Å². The average Bonchev–Trinajstić information content (AvgIpc) is 2.48. The Bertz CT molecular complexity index is 470. The van der Waals surface area contributed by atoms with E-state index in [9.17, 15) is 4.79 Å². The minimum Gasteiger partial charge on any atom is -0.334 e. The van der Waals surface area contributed by atoms with Crippen LogP contribution in [0.5, 0.6) is 0 Å². The molecule has 1 atom stereocenters. The lowest BCUT2D eigenvalue weighted by Gasteiger charge is -2.34. The number of nitrogens with one attached hydrogen (secondary N) is 1. The molecule has 110 valence electrons. The van der Waals surface area contributed by atoms with Gasteiger partial charge in [-0.05, 0) is 50.4 Å². The summed E-state index contributed by atoms with van der Waals surface area (Å²) in [7, 11) is 0. The molecule has 2 rings (SSSR count). The summed E-state index contributed by atoms with van der Waals surface area (Å²) in [4.78, 5) is 14.8. The van der Waals surface area contributed by atoms with Crippen LogP contribution in [0.4, 0.5) is 0 Å². The number of rotatable bonds is 4. The van der Waals surface area contributed by atoms with Crippen molar-refractivity contribution in [1.29, 1.82) is 0 Å². The van der Waals surface area contributed by atoms with Gasteiger partial charge in [0.15, 0.2) is 0 Å². The summed E-state index contributed by atoms with van der Waals surface area (Å²) in [6.45, 7) is 6.98. The molecule has 1 N–H and O–H groups in total. The second-order valence-corrected chi connectivity index (χ2v) is 6.32. The summed E-state index contributed by atoms with van der Waals surface area (Å²) in [5, 5.41) is 3.40. The van der Waals surface area contributed by atoms with E-state index in [2.05, 4.69) is 28.2 Å². The van der Waals surface area contributed by atoms with Gasteiger partial charge in [-0.2, -0.15) is 0 Å². The van der Waals surface area contributed by atoms with Crippen molar-refractivity contribution in [1.82, 2.24) is 10.2 Å². The van der Waals surface area contributed by atoms with E-state index in [4.69, 9.17) is 0 Å². The Kier molecular flexibility index (Phi) is 5.61. The van der Waals surface area contributed by atoms with Crippen LogP contribution in [0.1, 0.15) is 42.1 Å². The molecule has 1 aliphatic rings. The fraction of sp³-hybridized carbons (Fsp3) is 0.562. The number of piperidine rings is 1. The first kappa shape index (κ1) is 15.5. The SMILES string of the molecule is CCCN(C(=O)c1ccc(C)c(Br)c1)C1CCCNC1. The topological polar surface area (TPSA) is 32.3 Å². The van der Waals surface area contributed by atoms with E-state index in [0.29, 0.717) is 6.04 Å². The zero-order valence-electron chi connectivity index (χ0n) is 12.3. The summed E-state index contributed by atoms with van der Waals surface area (Å²) in [5.41, 5.74) is 1.93. The summed E-state index contributed by atoms with van der Waals surface area (Å²) >= 11 is 3.52. The summed E-state index contributed by atoms with van der Waals surface area (Å²) in [6.07, 6.45) is 3.25. The number of nitrogens with zero attached hydrogens (tertiary/aromatic N) is 1. The van der Waals surface area contributed by atoms with E-state index in [0.717, 1.165) is 54.5 Å². The van der Waals surface area contributed by atoms with Crippen molar-refractivity contribution in [2.24, 2.45) is 0 Å². The number of benzene rings is 1. The van der Waals surface area contributed by atoms with Crippen molar-refractivity contribution >= 4 is 21.8 Å². The molecule has 3 nitrogen and oxygen atoms in total. The van der Waals surface area contributed by atoms with Crippen LogP contribution in [-0.2, 0) is 0 Å². The van der Waals surface area contributed by atoms with Gasteiger partial charge in [-0.1, -0.05) is 28.9 Å². The molecule has 1 unspecified atom stereocenters. The van der Waals surface area contributed by atoms with Crippen LogP contribution in [0, 0.1) is 6.92 Å². The molecule has 1 heterocycles. The molecular weight excluding hydrogens is 316 g/mol. The van der Waals surface area contributed by atoms with Crippen LogP contribution in [0.2, 0.25) is 0 Å². The van der Waals surface area contributed by atoms with Gasteiger partial charge >= 0.3 is 0 Å². The third kappa shape index (κ3) is 3.61. The van der Waals surface area contributed by atoms with Gasteiger partial charge in [0.25, 0.3) is 5.91 Å². The van der Waals surface area contributed by atoms with Gasteiger partial charge < -0.3 is 10.2 Å². The summed E-state index contributed by atoms with van der Waals surface area (Å²) in [6, 6.07) is 6.20. The maximum atomic E-state index is 12.8. The second-order valence-electron chi connectivity index (χ2n) is 5.46. The van der Waals surface area contributed by atoms with Gasteiger partial charge in [0.05, 0.1) is 0 Å². The largest absolute Gasteiger partial charge is 0.334 e. The lowest BCUT2D eigenvalue weighted by molar-refractivity contribution is 0.0649. The van der Waals surface area contributed by atoms with Crippen molar-refractivity contribution in [3.05, 3.63) is 33.8 Å². The van der Waals surface area contributed by atoms with Gasteiger partial charge in [0.2, 0.25) is 0 Å². The molecule has 0 aliphatic carbocycles. The summed E-state index contributed by atoms with van der Waals surface area (Å²) in [5.74, 6) is 0.154. The molecular formula is C16H23BrN2O. The molecule has 1 aromatic carbocycles. The predicted molar refractivity (Wildman–Crippen MR) is 86.1 cm³/mol. The number of amides is 1. The maximum Gasteiger partial charge on any atom is 0.254 e. The molecule has 4 heteroatoms. The normalized spacial score (nSPS) is 18.9. The highest BCUT2D eigenvalue weighted by Gasteiger charge is 2.25. The fourth-order valence-electron chi connectivity index (χ4n) is 2.68. The molecule has 20 heavy (non-hydrogen) atoms. The minimum atomic E-state index is 0.154. The van der Waals surface area contributed by atoms with E-state index in [1.54, 1.807) is 0 Å². The minimum absolute atomic E-state index is 0.154. The molecule has 0 aromatic heterocycles. The monoisotopic (exact) mass is 338 g/mol. The van der Waals surface area contributed by atoms with Crippen LogP contribution in [0.25, 0.3) is 0 Å². The van der Waals surface area contributed by atoms with Gasteiger partial charge in [-0.25, -0.2) is 0 Å². The number of carbonyl (C=O) groups is 1. The van der Waals surface area contributed by atoms with E-state index >= 15 is 0 Å². The Hall–Kier alpha value is -0.870. The van der Waals surface area contributed by atoms with Crippen LogP contribution < -0.4 is 5.32 Å². The van der Waals surface area contributed by atoms with Crippen LogP contribution >= 0.6 is 15.9 Å².